The maximum atomic E-state index is 11.8. The first-order valence-electron chi connectivity index (χ1n) is 6.07. The molecule has 0 atom stereocenters. The molecule has 0 unspecified atom stereocenters. The first-order chi connectivity index (χ1) is 9.00. The molecule has 1 aliphatic heterocycles. The van der Waals surface area contributed by atoms with Crippen molar-refractivity contribution in [1.29, 1.82) is 0 Å². The molecule has 19 heavy (non-hydrogen) atoms. The van der Waals surface area contributed by atoms with Crippen LogP contribution in [-0.2, 0) is 14.8 Å². The van der Waals surface area contributed by atoms with E-state index in [1.165, 1.54) is 0 Å². The molecule has 0 radical (unpaired) electrons. The van der Waals surface area contributed by atoms with Crippen molar-refractivity contribution in [2.45, 2.75) is 19.8 Å². The second-order valence-electron chi connectivity index (χ2n) is 4.32. The number of unbranched alkanes of at least 4 members (excludes halogenated alkanes) is 1. The quantitative estimate of drug-likeness (QED) is 0.859. The molecule has 0 aliphatic carbocycles. The lowest BCUT2D eigenvalue weighted by atomic mass is 10.2. The van der Waals surface area contributed by atoms with E-state index in [9.17, 15) is 13.2 Å². The highest BCUT2D eigenvalue weighted by Crippen LogP contribution is 2.30. The Morgan fingerprint density at radius 1 is 1.42 bits per heavy atom. The molecule has 0 aromatic heterocycles. The Morgan fingerprint density at radius 3 is 2.95 bits per heavy atom. The van der Waals surface area contributed by atoms with Crippen molar-refractivity contribution in [3.63, 3.8) is 0 Å². The van der Waals surface area contributed by atoms with Crippen molar-refractivity contribution < 1.29 is 17.9 Å². The molecular weight excluding hydrogens is 268 g/mol. The molecule has 0 saturated heterocycles. The average molecular weight is 284 g/mol. The topological polar surface area (TPSA) is 84.5 Å². The van der Waals surface area contributed by atoms with Crippen LogP contribution in [-0.4, -0.2) is 26.7 Å². The van der Waals surface area contributed by atoms with E-state index in [0.717, 1.165) is 6.42 Å². The molecule has 1 aromatic rings. The van der Waals surface area contributed by atoms with Crippen molar-refractivity contribution in [3.8, 4) is 5.75 Å². The van der Waals surface area contributed by atoms with Gasteiger partial charge in [-0.25, -0.2) is 8.42 Å². The fraction of sp³-hybridized carbons (Fsp3) is 0.417. The van der Waals surface area contributed by atoms with E-state index in [1.807, 2.05) is 6.92 Å². The fourth-order valence-electron chi connectivity index (χ4n) is 1.71. The maximum absolute atomic E-state index is 11.8. The predicted octanol–water partition coefficient (Wildman–Crippen LogP) is 1.56. The highest BCUT2D eigenvalue weighted by molar-refractivity contribution is 7.92. The third-order valence-corrected chi connectivity index (χ3v) is 4.03. The molecule has 0 fully saturated rings. The van der Waals surface area contributed by atoms with E-state index in [4.69, 9.17) is 4.74 Å². The molecule has 104 valence electrons. The first kappa shape index (κ1) is 13.7. The van der Waals surface area contributed by atoms with E-state index >= 15 is 0 Å². The summed E-state index contributed by atoms with van der Waals surface area (Å²) in [4.78, 5) is 11.2. The molecule has 0 saturated carbocycles. The molecular formula is C12H16N2O4S. The van der Waals surface area contributed by atoms with Gasteiger partial charge in [-0.05, 0) is 24.6 Å². The number of benzene rings is 1. The van der Waals surface area contributed by atoms with Crippen LogP contribution >= 0.6 is 0 Å². The third kappa shape index (κ3) is 3.60. The Balaban J connectivity index is 2.14. The second-order valence-corrected chi connectivity index (χ2v) is 6.16. The van der Waals surface area contributed by atoms with E-state index < -0.39 is 10.0 Å². The smallest absolute Gasteiger partial charge is 0.262 e. The van der Waals surface area contributed by atoms with Gasteiger partial charge in [-0.2, -0.15) is 0 Å². The van der Waals surface area contributed by atoms with Crippen molar-refractivity contribution in [3.05, 3.63) is 18.2 Å². The van der Waals surface area contributed by atoms with Gasteiger partial charge in [0.2, 0.25) is 10.0 Å². The van der Waals surface area contributed by atoms with Gasteiger partial charge in [-0.1, -0.05) is 13.3 Å². The number of amides is 1. The summed E-state index contributed by atoms with van der Waals surface area (Å²) in [5.41, 5.74) is 0.896. The molecule has 1 heterocycles. The van der Waals surface area contributed by atoms with Crippen molar-refractivity contribution in [1.82, 2.24) is 0 Å². The third-order valence-electron chi connectivity index (χ3n) is 2.65. The lowest BCUT2D eigenvalue weighted by Crippen LogP contribution is -2.25. The summed E-state index contributed by atoms with van der Waals surface area (Å²) in [6.45, 7) is 1.91. The summed E-state index contributed by atoms with van der Waals surface area (Å²) >= 11 is 0. The zero-order valence-electron chi connectivity index (χ0n) is 10.6. The monoisotopic (exact) mass is 284 g/mol. The standard InChI is InChI=1S/C12H16N2O4S/c1-2-3-6-19(16,17)14-9-4-5-11-10(7-9)13-12(15)8-18-11/h4-5,7,14H,2-3,6,8H2,1H3,(H,13,15). The number of anilines is 2. The van der Waals surface area contributed by atoms with Gasteiger partial charge in [0.1, 0.15) is 5.75 Å². The van der Waals surface area contributed by atoms with E-state index in [1.54, 1.807) is 18.2 Å². The number of hydrogen-bond donors (Lipinski definition) is 2. The number of nitrogens with one attached hydrogen (secondary N) is 2. The molecule has 1 aromatic carbocycles. The van der Waals surface area contributed by atoms with Gasteiger partial charge < -0.3 is 10.1 Å². The van der Waals surface area contributed by atoms with Gasteiger partial charge in [0.15, 0.2) is 6.61 Å². The van der Waals surface area contributed by atoms with Crippen LogP contribution in [0.15, 0.2) is 18.2 Å². The Bertz CT molecular complexity index is 583. The Hall–Kier alpha value is -1.76. The Morgan fingerprint density at radius 2 is 2.21 bits per heavy atom. The van der Waals surface area contributed by atoms with Crippen LogP contribution in [0.1, 0.15) is 19.8 Å². The minimum atomic E-state index is -3.34. The average Bonchev–Trinajstić information content (AvgIpc) is 2.35. The zero-order valence-corrected chi connectivity index (χ0v) is 11.4. The summed E-state index contributed by atoms with van der Waals surface area (Å²) < 4.78 is 31.2. The highest BCUT2D eigenvalue weighted by Gasteiger charge is 2.17. The highest BCUT2D eigenvalue weighted by atomic mass is 32.2. The number of ether oxygens (including phenoxy) is 1. The van der Waals surface area contributed by atoms with E-state index in [2.05, 4.69) is 10.0 Å². The lowest BCUT2D eigenvalue weighted by molar-refractivity contribution is -0.118. The molecule has 2 rings (SSSR count). The molecule has 0 spiro atoms. The molecule has 2 N–H and O–H groups in total. The van der Waals surface area contributed by atoms with Crippen LogP contribution in [0.3, 0.4) is 0 Å². The van der Waals surface area contributed by atoms with E-state index in [0.29, 0.717) is 23.5 Å². The molecule has 7 heteroatoms. The van der Waals surface area contributed by atoms with Crippen molar-refractivity contribution >= 4 is 27.3 Å². The Kier molecular flexibility index (Phi) is 3.94. The van der Waals surface area contributed by atoms with Crippen molar-refractivity contribution in [2.75, 3.05) is 22.4 Å². The van der Waals surface area contributed by atoms with Gasteiger partial charge in [-0.15, -0.1) is 0 Å². The lowest BCUT2D eigenvalue weighted by Gasteiger charge is -2.18. The summed E-state index contributed by atoms with van der Waals surface area (Å²) in [6.07, 6.45) is 1.43. The molecule has 1 amide bonds. The molecule has 1 aliphatic rings. The largest absolute Gasteiger partial charge is 0.482 e. The van der Waals surface area contributed by atoms with Crippen LogP contribution in [0.5, 0.6) is 5.75 Å². The second kappa shape index (κ2) is 5.48. The van der Waals surface area contributed by atoms with Gasteiger partial charge in [0.25, 0.3) is 5.91 Å². The van der Waals surface area contributed by atoms with Gasteiger partial charge in [0.05, 0.1) is 17.1 Å². The zero-order chi connectivity index (χ0) is 13.9. The number of carbonyl (C=O) groups is 1. The van der Waals surface area contributed by atoms with Gasteiger partial charge >= 0.3 is 0 Å². The first-order valence-corrected chi connectivity index (χ1v) is 7.72. The minimum Gasteiger partial charge on any atom is -0.482 e. The summed E-state index contributed by atoms with van der Waals surface area (Å²) in [5, 5.41) is 2.63. The number of carbonyl (C=O) groups excluding carboxylic acids is 1. The molecule has 0 bridgehead atoms. The number of rotatable bonds is 5. The van der Waals surface area contributed by atoms with Gasteiger partial charge in [0, 0.05) is 0 Å². The number of fused-ring (bicyclic) bond motifs is 1. The van der Waals surface area contributed by atoms with Crippen LogP contribution in [0.4, 0.5) is 11.4 Å². The van der Waals surface area contributed by atoms with Crippen LogP contribution in [0, 0.1) is 0 Å². The van der Waals surface area contributed by atoms with Crippen molar-refractivity contribution in [2.24, 2.45) is 0 Å². The Labute approximate surface area is 112 Å². The maximum Gasteiger partial charge on any atom is 0.262 e. The minimum absolute atomic E-state index is 0.0193. The van der Waals surface area contributed by atoms with Gasteiger partial charge in [-0.3, -0.25) is 9.52 Å². The van der Waals surface area contributed by atoms with Crippen LogP contribution < -0.4 is 14.8 Å². The fourth-order valence-corrected chi connectivity index (χ4v) is 2.97. The summed E-state index contributed by atoms with van der Waals surface area (Å²) in [5.74, 6) is 0.373. The SMILES string of the molecule is CCCCS(=O)(=O)Nc1ccc2c(c1)NC(=O)CO2. The predicted molar refractivity (Wildman–Crippen MR) is 72.9 cm³/mol. The summed E-state index contributed by atoms with van der Waals surface area (Å²) in [6, 6.07) is 4.79. The number of sulfonamides is 1. The van der Waals surface area contributed by atoms with Crippen LogP contribution in [0.25, 0.3) is 0 Å². The summed E-state index contributed by atoms with van der Waals surface area (Å²) in [7, 11) is -3.34. The molecule has 6 nitrogen and oxygen atoms in total. The number of hydrogen-bond acceptors (Lipinski definition) is 4. The van der Waals surface area contributed by atoms with E-state index in [-0.39, 0.29) is 18.3 Å². The normalized spacial score (nSPS) is 14.3. The van der Waals surface area contributed by atoms with Crippen LogP contribution in [0.2, 0.25) is 0 Å².